The van der Waals surface area contributed by atoms with Gasteiger partial charge < -0.3 is 4.90 Å². The summed E-state index contributed by atoms with van der Waals surface area (Å²) in [5, 5.41) is 0.0178. The third-order valence-electron chi connectivity index (χ3n) is 4.23. The van der Waals surface area contributed by atoms with Gasteiger partial charge in [0.05, 0.1) is 18.2 Å². The highest BCUT2D eigenvalue weighted by Gasteiger charge is 2.26. The smallest absolute Gasteiger partial charge is 0.266 e. The lowest BCUT2D eigenvalue weighted by Gasteiger charge is -2.26. The average Bonchev–Trinajstić information content (AvgIpc) is 2.66. The van der Waals surface area contributed by atoms with Gasteiger partial charge in [-0.1, -0.05) is 46.4 Å². The van der Waals surface area contributed by atoms with Gasteiger partial charge in [-0.05, 0) is 30.7 Å². The first-order valence-corrected chi connectivity index (χ1v) is 9.66. The van der Waals surface area contributed by atoms with Crippen molar-refractivity contribution in [1.82, 2.24) is 9.37 Å². The van der Waals surface area contributed by atoms with E-state index in [2.05, 4.69) is 0 Å². The Morgan fingerprint density at radius 2 is 1.73 bits per heavy atom. The molecule has 0 aliphatic rings. The zero-order valence-corrected chi connectivity index (χ0v) is 16.6. The number of hydroxylamine groups is 1. The van der Waals surface area contributed by atoms with Gasteiger partial charge in [0.1, 0.15) is 4.90 Å². The standard InChI is InChI=1S/C18H21ClN2O4S/c1-13(14-8-6-5-7-9-14)20(2)18(22)15-10-11-16(19)17(12-15)26(23,24)21(3)25-4/h5-13H,1-4H3. The number of rotatable bonds is 6. The highest BCUT2D eigenvalue weighted by Crippen LogP contribution is 2.27. The van der Waals surface area contributed by atoms with Crippen LogP contribution in [0, 0.1) is 0 Å². The summed E-state index contributed by atoms with van der Waals surface area (Å²) < 4.78 is 25.6. The van der Waals surface area contributed by atoms with Crippen LogP contribution in [0.1, 0.15) is 28.9 Å². The predicted molar refractivity (Wildman–Crippen MR) is 100 cm³/mol. The summed E-state index contributed by atoms with van der Waals surface area (Å²) in [5.41, 5.74) is 1.20. The molecule has 140 valence electrons. The molecule has 0 radical (unpaired) electrons. The SMILES string of the molecule is CON(C)S(=O)(=O)c1cc(C(=O)N(C)C(C)c2ccccc2)ccc1Cl. The second kappa shape index (κ2) is 8.18. The van der Waals surface area contributed by atoms with Crippen LogP contribution < -0.4 is 0 Å². The van der Waals surface area contributed by atoms with E-state index in [1.165, 1.54) is 32.4 Å². The van der Waals surface area contributed by atoms with Gasteiger partial charge in [0.15, 0.2) is 0 Å². The molecule has 0 aliphatic carbocycles. The lowest BCUT2D eigenvalue weighted by molar-refractivity contribution is -0.0258. The van der Waals surface area contributed by atoms with Crippen molar-refractivity contribution in [2.75, 3.05) is 21.2 Å². The first-order valence-electron chi connectivity index (χ1n) is 7.84. The van der Waals surface area contributed by atoms with Crippen LogP contribution in [0.5, 0.6) is 0 Å². The summed E-state index contributed by atoms with van der Waals surface area (Å²) in [6.07, 6.45) is 0. The van der Waals surface area contributed by atoms with Crippen LogP contribution in [0.3, 0.4) is 0 Å². The molecule has 0 saturated carbocycles. The number of hydrogen-bond donors (Lipinski definition) is 0. The van der Waals surface area contributed by atoms with E-state index in [-0.39, 0.29) is 27.4 Å². The van der Waals surface area contributed by atoms with Crippen molar-refractivity contribution < 1.29 is 18.0 Å². The third-order valence-corrected chi connectivity index (χ3v) is 6.40. The Hall–Kier alpha value is -1.93. The summed E-state index contributed by atoms with van der Waals surface area (Å²) in [4.78, 5) is 19.0. The van der Waals surface area contributed by atoms with E-state index in [0.29, 0.717) is 4.47 Å². The molecule has 0 fully saturated rings. The maximum Gasteiger partial charge on any atom is 0.266 e. The number of halogens is 1. The van der Waals surface area contributed by atoms with Gasteiger partial charge in [-0.2, -0.15) is 0 Å². The number of benzene rings is 2. The van der Waals surface area contributed by atoms with E-state index < -0.39 is 10.0 Å². The zero-order chi connectivity index (χ0) is 19.5. The predicted octanol–water partition coefficient (Wildman–Crippen LogP) is 3.36. The molecule has 26 heavy (non-hydrogen) atoms. The zero-order valence-electron chi connectivity index (χ0n) is 15.0. The summed E-state index contributed by atoms with van der Waals surface area (Å²) in [7, 11) is 0.191. The highest BCUT2D eigenvalue weighted by molar-refractivity contribution is 7.89. The fourth-order valence-corrected chi connectivity index (χ4v) is 3.88. The summed E-state index contributed by atoms with van der Waals surface area (Å²) in [6, 6.07) is 13.6. The molecule has 1 amide bonds. The summed E-state index contributed by atoms with van der Waals surface area (Å²) in [5.74, 6) is -0.311. The van der Waals surface area contributed by atoms with E-state index in [1.807, 2.05) is 37.3 Å². The second-order valence-electron chi connectivity index (χ2n) is 5.75. The van der Waals surface area contributed by atoms with Gasteiger partial charge in [-0.25, -0.2) is 8.42 Å². The van der Waals surface area contributed by atoms with Crippen molar-refractivity contribution in [2.45, 2.75) is 17.9 Å². The van der Waals surface area contributed by atoms with Gasteiger partial charge in [-0.15, -0.1) is 0 Å². The van der Waals surface area contributed by atoms with Crippen LogP contribution in [0.25, 0.3) is 0 Å². The lowest BCUT2D eigenvalue weighted by Crippen LogP contribution is -2.30. The molecule has 0 heterocycles. The Morgan fingerprint density at radius 3 is 2.31 bits per heavy atom. The van der Waals surface area contributed by atoms with Crippen LogP contribution in [-0.4, -0.2) is 44.9 Å². The Kier molecular flexibility index (Phi) is 6.41. The molecule has 2 rings (SSSR count). The van der Waals surface area contributed by atoms with Crippen molar-refractivity contribution >= 4 is 27.5 Å². The number of carbonyl (C=O) groups excluding carboxylic acids is 1. The first-order chi connectivity index (χ1) is 12.2. The summed E-state index contributed by atoms with van der Waals surface area (Å²) >= 11 is 6.04. The fourth-order valence-electron chi connectivity index (χ4n) is 2.41. The van der Waals surface area contributed by atoms with Gasteiger partial charge in [-0.3, -0.25) is 9.63 Å². The van der Waals surface area contributed by atoms with Crippen LogP contribution >= 0.6 is 11.6 Å². The fraction of sp³-hybridized carbons (Fsp3) is 0.278. The Balaban J connectivity index is 2.37. The van der Waals surface area contributed by atoms with Crippen molar-refractivity contribution in [1.29, 1.82) is 0 Å². The lowest BCUT2D eigenvalue weighted by atomic mass is 10.1. The molecule has 2 aromatic rings. The Labute approximate surface area is 158 Å². The van der Waals surface area contributed by atoms with Gasteiger partial charge in [0, 0.05) is 19.7 Å². The van der Waals surface area contributed by atoms with E-state index >= 15 is 0 Å². The van der Waals surface area contributed by atoms with Gasteiger partial charge >= 0.3 is 0 Å². The minimum Gasteiger partial charge on any atom is -0.335 e. The van der Waals surface area contributed by atoms with Gasteiger partial charge in [0.2, 0.25) is 0 Å². The van der Waals surface area contributed by atoms with Crippen LogP contribution in [-0.2, 0) is 14.9 Å². The maximum atomic E-state index is 12.8. The molecule has 6 nitrogen and oxygen atoms in total. The molecule has 2 aromatic carbocycles. The minimum atomic E-state index is -3.97. The third kappa shape index (κ3) is 4.07. The largest absolute Gasteiger partial charge is 0.335 e. The van der Waals surface area contributed by atoms with E-state index in [1.54, 1.807) is 11.9 Å². The van der Waals surface area contributed by atoms with Crippen molar-refractivity contribution in [2.24, 2.45) is 0 Å². The second-order valence-corrected chi connectivity index (χ2v) is 8.06. The maximum absolute atomic E-state index is 12.8. The minimum absolute atomic E-state index is 0.0178. The molecule has 0 bridgehead atoms. The molecule has 1 unspecified atom stereocenters. The Bertz CT molecular complexity index is 887. The molecule has 1 atom stereocenters. The number of amides is 1. The monoisotopic (exact) mass is 396 g/mol. The van der Waals surface area contributed by atoms with Crippen LogP contribution in [0.2, 0.25) is 5.02 Å². The van der Waals surface area contributed by atoms with Crippen LogP contribution in [0.4, 0.5) is 0 Å². The Morgan fingerprint density at radius 1 is 1.12 bits per heavy atom. The van der Waals surface area contributed by atoms with Crippen molar-refractivity contribution in [3.05, 3.63) is 64.7 Å². The molecule has 0 aliphatic heterocycles. The van der Waals surface area contributed by atoms with Crippen molar-refractivity contribution in [3.63, 3.8) is 0 Å². The topological polar surface area (TPSA) is 66.9 Å². The number of sulfonamides is 1. The molecular weight excluding hydrogens is 376 g/mol. The molecule has 0 saturated heterocycles. The van der Waals surface area contributed by atoms with E-state index in [0.717, 1.165) is 5.56 Å². The quantitative estimate of drug-likeness (QED) is 0.702. The summed E-state index contributed by atoms with van der Waals surface area (Å²) in [6.45, 7) is 1.90. The van der Waals surface area contributed by atoms with Gasteiger partial charge in [0.25, 0.3) is 15.9 Å². The normalized spacial score (nSPS) is 12.8. The number of nitrogens with zero attached hydrogens (tertiary/aromatic N) is 2. The molecule has 0 spiro atoms. The molecule has 0 N–H and O–H groups in total. The number of hydrogen-bond acceptors (Lipinski definition) is 4. The number of carbonyl (C=O) groups is 1. The van der Waals surface area contributed by atoms with Crippen LogP contribution in [0.15, 0.2) is 53.4 Å². The highest BCUT2D eigenvalue weighted by atomic mass is 35.5. The van der Waals surface area contributed by atoms with E-state index in [9.17, 15) is 13.2 Å². The molecule has 8 heteroatoms. The molecular formula is C18H21ClN2O4S. The van der Waals surface area contributed by atoms with E-state index in [4.69, 9.17) is 16.4 Å². The molecule has 0 aromatic heterocycles. The first kappa shape index (κ1) is 20.4. The average molecular weight is 397 g/mol. The van der Waals surface area contributed by atoms with Crippen molar-refractivity contribution in [3.8, 4) is 0 Å².